The van der Waals surface area contributed by atoms with Crippen LogP contribution in [-0.4, -0.2) is 30.8 Å². The number of aryl methyl sites for hydroxylation is 1. The Balaban J connectivity index is 1.86. The van der Waals surface area contributed by atoms with Crippen molar-refractivity contribution in [2.45, 2.75) is 45.6 Å². The monoisotopic (exact) mass is 268 g/mol. The highest BCUT2D eigenvalue weighted by Gasteiger charge is 2.21. The zero-order valence-electron chi connectivity index (χ0n) is 11.4. The summed E-state index contributed by atoms with van der Waals surface area (Å²) in [4.78, 5) is 4.58. The van der Waals surface area contributed by atoms with Gasteiger partial charge < -0.3 is 10.1 Å². The fourth-order valence-electron chi connectivity index (χ4n) is 2.47. The van der Waals surface area contributed by atoms with E-state index < -0.39 is 0 Å². The molecule has 3 nitrogen and oxygen atoms in total. The van der Waals surface area contributed by atoms with E-state index in [1.165, 1.54) is 24.3 Å². The van der Waals surface area contributed by atoms with Crippen molar-refractivity contribution in [3.63, 3.8) is 0 Å². The van der Waals surface area contributed by atoms with Gasteiger partial charge in [-0.25, -0.2) is 4.98 Å². The lowest BCUT2D eigenvalue weighted by Crippen LogP contribution is -2.34. The predicted octanol–water partition coefficient (Wildman–Crippen LogP) is 2.79. The van der Waals surface area contributed by atoms with Gasteiger partial charge in [0.05, 0.1) is 5.01 Å². The molecule has 2 atom stereocenters. The minimum atomic E-state index is 0.558. The number of thiazole rings is 1. The Kier molecular flexibility index (Phi) is 5.60. The van der Waals surface area contributed by atoms with E-state index in [2.05, 4.69) is 29.5 Å². The molecule has 1 saturated heterocycles. The first-order valence-electron chi connectivity index (χ1n) is 7.00. The van der Waals surface area contributed by atoms with E-state index in [1.807, 2.05) is 0 Å². The normalized spacial score (nSPS) is 21.3. The number of aromatic nitrogens is 1. The largest absolute Gasteiger partial charge is 0.381 e. The van der Waals surface area contributed by atoms with Crippen molar-refractivity contribution in [2.75, 3.05) is 19.8 Å². The van der Waals surface area contributed by atoms with Crippen LogP contribution < -0.4 is 5.32 Å². The molecule has 0 bridgehead atoms. The molecule has 1 aromatic rings. The molecular formula is C14H24N2OS. The van der Waals surface area contributed by atoms with Crippen molar-refractivity contribution in [1.82, 2.24) is 10.3 Å². The van der Waals surface area contributed by atoms with Gasteiger partial charge in [-0.15, -0.1) is 11.3 Å². The number of rotatable bonds is 7. The number of hydrogen-bond acceptors (Lipinski definition) is 4. The average molecular weight is 268 g/mol. The molecular weight excluding hydrogens is 244 g/mol. The minimum Gasteiger partial charge on any atom is -0.381 e. The lowest BCUT2D eigenvalue weighted by atomic mass is 9.97. The summed E-state index contributed by atoms with van der Waals surface area (Å²) in [6, 6.07) is 0.558. The quantitative estimate of drug-likeness (QED) is 0.825. The van der Waals surface area contributed by atoms with Gasteiger partial charge in [0, 0.05) is 36.8 Å². The predicted molar refractivity (Wildman–Crippen MR) is 76.2 cm³/mol. The summed E-state index contributed by atoms with van der Waals surface area (Å²) < 4.78 is 5.48. The molecule has 0 aromatic carbocycles. The van der Waals surface area contributed by atoms with Crippen LogP contribution in [0.25, 0.3) is 0 Å². The van der Waals surface area contributed by atoms with Gasteiger partial charge in [-0.05, 0) is 38.6 Å². The smallest absolute Gasteiger partial charge is 0.0943 e. The highest BCUT2D eigenvalue weighted by atomic mass is 32.1. The number of hydrogen-bond donors (Lipinski definition) is 1. The zero-order chi connectivity index (χ0) is 12.8. The van der Waals surface area contributed by atoms with Crippen LogP contribution in [0.4, 0.5) is 0 Å². The van der Waals surface area contributed by atoms with Crippen LogP contribution in [0.2, 0.25) is 0 Å². The zero-order valence-corrected chi connectivity index (χ0v) is 12.3. The Morgan fingerprint density at radius 1 is 1.61 bits per heavy atom. The maximum absolute atomic E-state index is 5.48. The van der Waals surface area contributed by atoms with Crippen LogP contribution in [0.1, 0.15) is 36.9 Å². The summed E-state index contributed by atoms with van der Waals surface area (Å²) in [6.07, 6.45) is 4.70. The van der Waals surface area contributed by atoms with Crippen molar-refractivity contribution in [2.24, 2.45) is 5.92 Å². The molecule has 2 rings (SSSR count). The van der Waals surface area contributed by atoms with Crippen molar-refractivity contribution in [3.05, 3.63) is 16.1 Å². The van der Waals surface area contributed by atoms with Crippen LogP contribution in [0.3, 0.4) is 0 Å². The lowest BCUT2D eigenvalue weighted by Gasteiger charge is -2.20. The van der Waals surface area contributed by atoms with E-state index in [0.717, 1.165) is 37.8 Å². The third-order valence-corrected chi connectivity index (χ3v) is 4.40. The maximum Gasteiger partial charge on any atom is 0.0943 e. The second-order valence-electron chi connectivity index (χ2n) is 5.20. The summed E-state index contributed by atoms with van der Waals surface area (Å²) >= 11 is 1.79. The topological polar surface area (TPSA) is 34.2 Å². The Labute approximate surface area is 114 Å². The van der Waals surface area contributed by atoms with E-state index in [0.29, 0.717) is 6.04 Å². The molecule has 1 fully saturated rings. The van der Waals surface area contributed by atoms with E-state index in [4.69, 9.17) is 4.74 Å². The van der Waals surface area contributed by atoms with Crippen LogP contribution in [0.5, 0.6) is 0 Å². The summed E-state index contributed by atoms with van der Waals surface area (Å²) in [5.74, 6) is 0.736. The first-order valence-corrected chi connectivity index (χ1v) is 7.88. The van der Waals surface area contributed by atoms with Crippen molar-refractivity contribution in [1.29, 1.82) is 0 Å². The van der Waals surface area contributed by atoms with Gasteiger partial charge in [-0.3, -0.25) is 0 Å². The van der Waals surface area contributed by atoms with Gasteiger partial charge in [-0.2, -0.15) is 0 Å². The lowest BCUT2D eigenvalue weighted by molar-refractivity contribution is 0.181. The molecule has 2 unspecified atom stereocenters. The number of ether oxygens (including phenoxy) is 1. The minimum absolute atomic E-state index is 0.558. The second-order valence-corrected chi connectivity index (χ2v) is 6.15. The summed E-state index contributed by atoms with van der Waals surface area (Å²) in [5, 5.41) is 7.07. The molecule has 1 aliphatic rings. The SMILES string of the molecule is CCCNC(Cc1nc(C)cs1)CC1CCOC1. The number of nitrogens with one attached hydrogen (secondary N) is 1. The second kappa shape index (κ2) is 7.22. The first kappa shape index (κ1) is 14.0. The summed E-state index contributed by atoms with van der Waals surface area (Å²) in [5.41, 5.74) is 1.15. The average Bonchev–Trinajstić information content (AvgIpc) is 2.98. The van der Waals surface area contributed by atoms with Gasteiger partial charge >= 0.3 is 0 Å². The molecule has 1 aromatic heterocycles. The molecule has 18 heavy (non-hydrogen) atoms. The molecule has 0 amide bonds. The molecule has 0 saturated carbocycles. The van der Waals surface area contributed by atoms with E-state index >= 15 is 0 Å². The standard InChI is InChI=1S/C14H24N2OS/c1-3-5-15-13(7-12-4-6-17-9-12)8-14-16-11(2)10-18-14/h10,12-13,15H,3-9H2,1-2H3. The van der Waals surface area contributed by atoms with Gasteiger partial charge in [-0.1, -0.05) is 6.92 Å². The van der Waals surface area contributed by atoms with Crippen LogP contribution in [0, 0.1) is 12.8 Å². The Hall–Kier alpha value is -0.450. The Morgan fingerprint density at radius 2 is 2.50 bits per heavy atom. The van der Waals surface area contributed by atoms with E-state index in [9.17, 15) is 0 Å². The van der Waals surface area contributed by atoms with Gasteiger partial charge in [0.15, 0.2) is 0 Å². The van der Waals surface area contributed by atoms with Crippen LogP contribution in [0.15, 0.2) is 5.38 Å². The fraction of sp³-hybridized carbons (Fsp3) is 0.786. The third kappa shape index (κ3) is 4.34. The van der Waals surface area contributed by atoms with Crippen LogP contribution >= 0.6 is 11.3 Å². The highest BCUT2D eigenvalue weighted by molar-refractivity contribution is 7.09. The molecule has 2 heterocycles. The molecule has 1 aliphatic heterocycles. The molecule has 0 radical (unpaired) electrons. The molecule has 4 heteroatoms. The molecule has 102 valence electrons. The molecule has 0 aliphatic carbocycles. The van der Waals surface area contributed by atoms with Gasteiger partial charge in [0.1, 0.15) is 0 Å². The van der Waals surface area contributed by atoms with Crippen molar-refractivity contribution < 1.29 is 4.74 Å². The Morgan fingerprint density at radius 3 is 3.11 bits per heavy atom. The third-order valence-electron chi connectivity index (χ3n) is 3.41. The molecule has 1 N–H and O–H groups in total. The maximum atomic E-state index is 5.48. The highest BCUT2D eigenvalue weighted by Crippen LogP contribution is 2.21. The van der Waals surface area contributed by atoms with Crippen molar-refractivity contribution >= 4 is 11.3 Å². The first-order chi connectivity index (χ1) is 8.78. The van der Waals surface area contributed by atoms with Crippen LogP contribution in [-0.2, 0) is 11.2 Å². The molecule has 0 spiro atoms. The van der Waals surface area contributed by atoms with Gasteiger partial charge in [0.25, 0.3) is 0 Å². The summed E-state index contributed by atoms with van der Waals surface area (Å²) in [6.45, 7) is 7.28. The fourth-order valence-corrected chi connectivity index (χ4v) is 3.32. The van der Waals surface area contributed by atoms with E-state index in [-0.39, 0.29) is 0 Å². The number of nitrogens with zero attached hydrogens (tertiary/aromatic N) is 1. The van der Waals surface area contributed by atoms with Crippen molar-refractivity contribution in [3.8, 4) is 0 Å². The summed E-state index contributed by atoms with van der Waals surface area (Å²) in [7, 11) is 0. The van der Waals surface area contributed by atoms with E-state index in [1.54, 1.807) is 11.3 Å². The Bertz CT molecular complexity index is 347. The van der Waals surface area contributed by atoms with Gasteiger partial charge in [0.2, 0.25) is 0 Å².